The minimum absolute atomic E-state index is 0. The monoisotopic (exact) mass is 395 g/mol. The average Bonchev–Trinajstić information content (AvgIpc) is 3.23. The maximum absolute atomic E-state index is 12.9. The first-order valence-corrected chi connectivity index (χ1v) is 9.15. The number of amides is 1. The first-order valence-electron chi connectivity index (χ1n) is 8.77. The highest BCUT2D eigenvalue weighted by molar-refractivity contribution is 6.32. The van der Waals surface area contributed by atoms with Gasteiger partial charge in [0.2, 0.25) is 0 Å². The van der Waals surface area contributed by atoms with Crippen LogP contribution in [0.2, 0.25) is 5.02 Å². The number of carbonyl (C=O) groups excluding carboxylic acids is 1. The number of likely N-dealkylation sites (tertiary alicyclic amines) is 1. The fraction of sp³-hybridized carbons (Fsp3) is 0.500. The molecule has 2 aromatic rings. The maximum atomic E-state index is 12.9. The van der Waals surface area contributed by atoms with E-state index in [4.69, 9.17) is 11.6 Å². The molecule has 0 radical (unpaired) electrons. The zero-order chi connectivity index (χ0) is 17.4. The Morgan fingerprint density at radius 2 is 1.96 bits per heavy atom. The molecule has 6 nitrogen and oxygen atoms in total. The quantitative estimate of drug-likeness (QED) is 0.848. The predicted molar refractivity (Wildman–Crippen MR) is 103 cm³/mol. The molecule has 2 saturated heterocycles. The third kappa shape index (κ3) is 3.33. The van der Waals surface area contributed by atoms with Crippen molar-refractivity contribution in [3.05, 3.63) is 40.7 Å². The van der Waals surface area contributed by atoms with Gasteiger partial charge in [-0.1, -0.05) is 28.9 Å². The number of aromatic nitrogens is 3. The summed E-state index contributed by atoms with van der Waals surface area (Å²) in [6.07, 6.45) is 3.34. The van der Waals surface area contributed by atoms with Gasteiger partial charge in [0.1, 0.15) is 0 Å². The Hall–Kier alpha value is -1.63. The molecule has 140 valence electrons. The van der Waals surface area contributed by atoms with Gasteiger partial charge < -0.3 is 10.2 Å². The van der Waals surface area contributed by atoms with Crippen molar-refractivity contribution in [3.63, 3.8) is 0 Å². The van der Waals surface area contributed by atoms with Crippen molar-refractivity contribution in [2.45, 2.75) is 26.2 Å². The van der Waals surface area contributed by atoms with E-state index in [0.29, 0.717) is 16.1 Å². The van der Waals surface area contributed by atoms with E-state index in [1.54, 1.807) is 10.7 Å². The highest BCUT2D eigenvalue weighted by Gasteiger charge is 2.38. The van der Waals surface area contributed by atoms with E-state index in [9.17, 15) is 4.79 Å². The maximum Gasteiger partial charge on any atom is 0.276 e. The Labute approximate surface area is 164 Å². The Bertz CT molecular complexity index is 791. The summed E-state index contributed by atoms with van der Waals surface area (Å²) in [5.74, 6) is -0.0309. The Morgan fingerprint density at radius 1 is 1.23 bits per heavy atom. The van der Waals surface area contributed by atoms with Gasteiger partial charge in [-0.3, -0.25) is 4.79 Å². The number of rotatable bonds is 2. The lowest BCUT2D eigenvalue weighted by atomic mass is 9.78. The average molecular weight is 396 g/mol. The molecule has 1 amide bonds. The van der Waals surface area contributed by atoms with Gasteiger partial charge >= 0.3 is 0 Å². The Balaban J connectivity index is 0.00000196. The van der Waals surface area contributed by atoms with Gasteiger partial charge in [0.15, 0.2) is 5.69 Å². The van der Waals surface area contributed by atoms with Crippen molar-refractivity contribution in [3.8, 4) is 5.69 Å². The Morgan fingerprint density at radius 3 is 2.62 bits per heavy atom. The van der Waals surface area contributed by atoms with Crippen LogP contribution in [0.4, 0.5) is 0 Å². The van der Waals surface area contributed by atoms with Crippen LogP contribution in [0.15, 0.2) is 24.3 Å². The van der Waals surface area contributed by atoms with Crippen LogP contribution in [-0.2, 0) is 0 Å². The zero-order valence-electron chi connectivity index (χ0n) is 14.7. The van der Waals surface area contributed by atoms with Crippen LogP contribution in [0.3, 0.4) is 0 Å². The van der Waals surface area contributed by atoms with E-state index in [1.165, 1.54) is 6.42 Å². The van der Waals surface area contributed by atoms with Crippen molar-refractivity contribution in [2.75, 3.05) is 26.2 Å². The van der Waals surface area contributed by atoms with Gasteiger partial charge in [0.05, 0.1) is 16.4 Å². The third-order valence-corrected chi connectivity index (χ3v) is 5.94. The summed E-state index contributed by atoms with van der Waals surface area (Å²) >= 11 is 6.25. The molecule has 4 rings (SSSR count). The molecule has 26 heavy (non-hydrogen) atoms. The summed E-state index contributed by atoms with van der Waals surface area (Å²) in [5, 5.41) is 12.3. The van der Waals surface area contributed by atoms with E-state index < -0.39 is 0 Å². The van der Waals surface area contributed by atoms with Gasteiger partial charge in [0.25, 0.3) is 5.91 Å². The van der Waals surface area contributed by atoms with Crippen LogP contribution in [0.5, 0.6) is 0 Å². The number of nitrogens with one attached hydrogen (secondary N) is 1. The second-order valence-corrected chi connectivity index (χ2v) is 7.51. The molecule has 8 heteroatoms. The van der Waals surface area contributed by atoms with Crippen LogP contribution >= 0.6 is 24.0 Å². The molecule has 0 saturated carbocycles. The summed E-state index contributed by atoms with van der Waals surface area (Å²) in [6.45, 7) is 5.62. The van der Waals surface area contributed by atoms with Crippen LogP contribution in [-0.4, -0.2) is 52.0 Å². The molecule has 1 aromatic carbocycles. The zero-order valence-corrected chi connectivity index (χ0v) is 16.3. The van der Waals surface area contributed by atoms with E-state index in [0.717, 1.165) is 50.4 Å². The standard InChI is InChI=1S/C18H22ClN5O.ClH/c1-13-16(21-22-24(13)15-5-3-2-4-14(15)19)17(25)23-10-7-18(8-11-23)6-9-20-12-18;/h2-5,20H,6-12H2,1H3;1H. The van der Waals surface area contributed by atoms with Crippen molar-refractivity contribution in [1.29, 1.82) is 0 Å². The van der Waals surface area contributed by atoms with Crippen LogP contribution < -0.4 is 5.32 Å². The molecule has 2 aliphatic rings. The summed E-state index contributed by atoms with van der Waals surface area (Å²) < 4.78 is 1.64. The van der Waals surface area contributed by atoms with Crippen molar-refractivity contribution >= 4 is 29.9 Å². The highest BCUT2D eigenvalue weighted by Crippen LogP contribution is 2.37. The summed E-state index contributed by atoms with van der Waals surface area (Å²) in [5.41, 5.74) is 2.27. The molecule has 1 N–H and O–H groups in total. The minimum Gasteiger partial charge on any atom is -0.337 e. The van der Waals surface area contributed by atoms with Gasteiger partial charge in [-0.05, 0) is 50.3 Å². The van der Waals surface area contributed by atoms with Gasteiger partial charge in [-0.15, -0.1) is 17.5 Å². The number of hydrogen-bond acceptors (Lipinski definition) is 4. The smallest absolute Gasteiger partial charge is 0.276 e. The van der Waals surface area contributed by atoms with Gasteiger partial charge in [-0.2, -0.15) is 0 Å². The first kappa shape index (κ1) is 19.1. The number of benzene rings is 1. The number of halogens is 2. The molecule has 0 atom stereocenters. The molecular weight excluding hydrogens is 373 g/mol. The lowest BCUT2D eigenvalue weighted by Crippen LogP contribution is -2.44. The van der Waals surface area contributed by atoms with Crippen LogP contribution in [0.25, 0.3) is 5.69 Å². The van der Waals surface area contributed by atoms with E-state index in [-0.39, 0.29) is 18.3 Å². The molecule has 0 unspecified atom stereocenters. The minimum atomic E-state index is -0.0309. The fourth-order valence-electron chi connectivity index (χ4n) is 3.94. The van der Waals surface area contributed by atoms with E-state index in [2.05, 4.69) is 15.6 Å². The van der Waals surface area contributed by atoms with Gasteiger partial charge in [-0.25, -0.2) is 4.68 Å². The molecule has 1 spiro atoms. The molecule has 3 heterocycles. The number of hydrogen-bond donors (Lipinski definition) is 1. The molecular formula is C18H23Cl2N5O. The second-order valence-electron chi connectivity index (χ2n) is 7.11. The summed E-state index contributed by atoms with van der Waals surface area (Å²) in [6, 6.07) is 7.43. The second kappa shape index (κ2) is 7.55. The summed E-state index contributed by atoms with van der Waals surface area (Å²) in [4.78, 5) is 14.8. The van der Waals surface area contributed by atoms with Crippen molar-refractivity contribution in [2.24, 2.45) is 5.41 Å². The van der Waals surface area contributed by atoms with E-state index in [1.807, 2.05) is 30.0 Å². The van der Waals surface area contributed by atoms with Crippen LogP contribution in [0, 0.1) is 12.3 Å². The number of carbonyl (C=O) groups is 1. The number of para-hydroxylation sites is 1. The lowest BCUT2D eigenvalue weighted by Gasteiger charge is -2.38. The lowest BCUT2D eigenvalue weighted by molar-refractivity contribution is 0.0601. The van der Waals surface area contributed by atoms with Crippen LogP contribution in [0.1, 0.15) is 35.4 Å². The van der Waals surface area contributed by atoms with Gasteiger partial charge in [0, 0.05) is 19.6 Å². The normalized spacial score (nSPS) is 18.8. The first-order chi connectivity index (χ1) is 12.1. The Kier molecular flexibility index (Phi) is 5.55. The van der Waals surface area contributed by atoms with E-state index >= 15 is 0 Å². The number of nitrogens with zero attached hydrogens (tertiary/aromatic N) is 4. The molecule has 0 bridgehead atoms. The molecule has 2 aliphatic heterocycles. The SMILES string of the molecule is Cc1c(C(=O)N2CCC3(CCNC3)CC2)nnn1-c1ccccc1Cl.Cl. The topological polar surface area (TPSA) is 63.1 Å². The predicted octanol–water partition coefficient (Wildman–Crippen LogP) is 2.87. The van der Waals surface area contributed by atoms with Crippen molar-refractivity contribution in [1.82, 2.24) is 25.2 Å². The largest absolute Gasteiger partial charge is 0.337 e. The summed E-state index contributed by atoms with van der Waals surface area (Å²) in [7, 11) is 0. The molecule has 1 aromatic heterocycles. The molecule has 2 fully saturated rings. The fourth-order valence-corrected chi connectivity index (χ4v) is 4.15. The number of piperidine rings is 1. The van der Waals surface area contributed by atoms with Crippen molar-refractivity contribution < 1.29 is 4.79 Å². The third-order valence-electron chi connectivity index (χ3n) is 5.62. The molecule has 0 aliphatic carbocycles. The highest BCUT2D eigenvalue weighted by atomic mass is 35.5.